The Morgan fingerprint density at radius 3 is 1.67 bits per heavy atom. The summed E-state index contributed by atoms with van der Waals surface area (Å²) in [6.07, 6.45) is 3.87. The number of hydrogen-bond acceptors (Lipinski definition) is 10. The van der Waals surface area contributed by atoms with Crippen LogP contribution in [0.2, 0.25) is 0 Å². The van der Waals surface area contributed by atoms with Gasteiger partial charge in [-0.25, -0.2) is 9.59 Å². The summed E-state index contributed by atoms with van der Waals surface area (Å²) in [7, 11) is 0. The molecule has 1 aromatic rings. The average molecular weight is 519 g/mol. The minimum Gasteiger partial charge on any atom is -0.455 e. The third kappa shape index (κ3) is 29.3. The van der Waals surface area contributed by atoms with Crippen LogP contribution in [0.5, 0.6) is 5.75 Å². The van der Waals surface area contributed by atoms with Crippen molar-refractivity contribution in [3.05, 3.63) is 55.6 Å². The lowest BCUT2D eigenvalue weighted by atomic mass is 10.1. The molecular weight excluding hydrogens is 472 g/mol. The van der Waals surface area contributed by atoms with Crippen molar-refractivity contribution in [3.8, 4) is 5.75 Å². The standard InChI is InChI=1S/C18H22O6.4C2H6O/c1-4-7-13-18(14-21-16(19)5-2,24-23-17(20)6-3)22-15-11-9-8-10-12-15;4*1-2-3/h5-6,8-12H,2-4,7,13-14H2,1H3;4*3H,2H2,1H3. The summed E-state index contributed by atoms with van der Waals surface area (Å²) in [6.45, 7) is 16.1. The highest BCUT2D eigenvalue weighted by molar-refractivity contribution is 5.81. The zero-order valence-electron chi connectivity index (χ0n) is 22.4. The van der Waals surface area contributed by atoms with Crippen LogP contribution in [0.25, 0.3) is 0 Å². The molecule has 0 bridgehead atoms. The molecule has 210 valence electrons. The maximum Gasteiger partial charge on any atom is 0.365 e. The van der Waals surface area contributed by atoms with Gasteiger partial charge in [0, 0.05) is 45.0 Å². The molecule has 0 aliphatic carbocycles. The largest absolute Gasteiger partial charge is 0.455 e. The second-order valence-corrected chi connectivity index (χ2v) is 6.20. The molecule has 0 saturated carbocycles. The first-order valence-corrected chi connectivity index (χ1v) is 11.7. The molecule has 1 aromatic carbocycles. The second kappa shape index (κ2) is 32.2. The van der Waals surface area contributed by atoms with Gasteiger partial charge in [-0.05, 0) is 46.2 Å². The number of ether oxygens (including phenoxy) is 2. The van der Waals surface area contributed by atoms with Gasteiger partial charge in [0.2, 0.25) is 0 Å². The second-order valence-electron chi connectivity index (χ2n) is 6.20. The fraction of sp³-hybridized carbons (Fsp3) is 0.538. The Kier molecular flexibility index (Phi) is 36.2. The fourth-order valence-electron chi connectivity index (χ4n) is 1.78. The van der Waals surface area contributed by atoms with Gasteiger partial charge in [-0.2, -0.15) is 0 Å². The number of para-hydroxylation sites is 1. The van der Waals surface area contributed by atoms with Gasteiger partial charge in [-0.3, -0.25) is 4.89 Å². The number of benzene rings is 1. The van der Waals surface area contributed by atoms with Crippen molar-refractivity contribution >= 4 is 11.9 Å². The molecule has 1 unspecified atom stereocenters. The first-order chi connectivity index (χ1) is 17.2. The topological polar surface area (TPSA) is 152 Å². The summed E-state index contributed by atoms with van der Waals surface area (Å²) < 4.78 is 10.9. The van der Waals surface area contributed by atoms with Gasteiger partial charge in [0.1, 0.15) is 5.75 Å². The molecule has 1 rings (SSSR count). The van der Waals surface area contributed by atoms with Gasteiger partial charge in [0.05, 0.1) is 0 Å². The van der Waals surface area contributed by atoms with Gasteiger partial charge in [0.25, 0.3) is 5.79 Å². The number of aliphatic hydroxyl groups is 4. The molecule has 1 atom stereocenters. The molecule has 0 amide bonds. The van der Waals surface area contributed by atoms with Crippen molar-refractivity contribution in [2.24, 2.45) is 0 Å². The Balaban J connectivity index is -0.000000359. The van der Waals surface area contributed by atoms with E-state index in [1.165, 1.54) is 0 Å². The highest BCUT2D eigenvalue weighted by Crippen LogP contribution is 2.26. The molecule has 10 heteroatoms. The SMILES string of the molecule is C=CC(=O)OCC(CCCC)(OOC(=O)C=C)Oc1ccccc1.CCO.CCO.CCO.CCO. The number of rotatable bonds is 11. The summed E-state index contributed by atoms with van der Waals surface area (Å²) in [5, 5.41) is 30.3. The van der Waals surface area contributed by atoms with Crippen LogP contribution in [-0.4, -0.2) is 71.2 Å². The molecule has 0 fully saturated rings. The quantitative estimate of drug-likeness (QED) is 0.113. The smallest absolute Gasteiger partial charge is 0.365 e. The Labute approximate surface area is 215 Å². The Bertz CT molecular complexity index is 588. The monoisotopic (exact) mass is 518 g/mol. The minimum absolute atomic E-state index is 0.250. The fourth-order valence-corrected chi connectivity index (χ4v) is 1.78. The first kappa shape index (κ1) is 40.4. The van der Waals surface area contributed by atoms with Gasteiger partial charge >= 0.3 is 11.9 Å². The van der Waals surface area contributed by atoms with E-state index < -0.39 is 17.7 Å². The number of aliphatic hydroxyl groups excluding tert-OH is 4. The summed E-state index contributed by atoms with van der Waals surface area (Å²) >= 11 is 0. The molecule has 4 N–H and O–H groups in total. The third-order valence-electron chi connectivity index (χ3n) is 3.00. The molecule has 10 nitrogen and oxygen atoms in total. The van der Waals surface area contributed by atoms with E-state index in [1.807, 2.05) is 13.0 Å². The number of esters is 1. The van der Waals surface area contributed by atoms with Crippen LogP contribution in [0.15, 0.2) is 55.6 Å². The van der Waals surface area contributed by atoms with Crippen LogP contribution in [0, 0.1) is 0 Å². The van der Waals surface area contributed by atoms with Crippen LogP contribution in [0.1, 0.15) is 53.9 Å². The maximum atomic E-state index is 11.4. The lowest BCUT2D eigenvalue weighted by molar-refractivity contribution is -0.390. The van der Waals surface area contributed by atoms with E-state index in [2.05, 4.69) is 13.2 Å². The number of carbonyl (C=O) groups excluding carboxylic acids is 2. The average Bonchev–Trinajstić information content (AvgIpc) is 2.87. The molecule has 36 heavy (non-hydrogen) atoms. The van der Waals surface area contributed by atoms with Gasteiger partial charge in [-0.15, -0.1) is 4.89 Å². The van der Waals surface area contributed by atoms with Gasteiger partial charge in [-0.1, -0.05) is 44.7 Å². The van der Waals surface area contributed by atoms with Gasteiger partial charge in [0.15, 0.2) is 6.61 Å². The van der Waals surface area contributed by atoms with Crippen molar-refractivity contribution in [1.29, 1.82) is 0 Å². The highest BCUT2D eigenvalue weighted by Gasteiger charge is 2.38. The van der Waals surface area contributed by atoms with E-state index in [9.17, 15) is 9.59 Å². The number of carbonyl (C=O) groups is 2. The summed E-state index contributed by atoms with van der Waals surface area (Å²) in [5.41, 5.74) is 0. The van der Waals surface area contributed by atoms with Crippen molar-refractivity contribution in [2.75, 3.05) is 33.0 Å². The van der Waals surface area contributed by atoms with Crippen LogP contribution in [0.3, 0.4) is 0 Å². The van der Waals surface area contributed by atoms with E-state index in [1.54, 1.807) is 52.0 Å². The predicted octanol–water partition coefficient (Wildman–Crippen LogP) is 3.34. The number of hydrogen-bond donors (Lipinski definition) is 4. The molecule has 0 heterocycles. The van der Waals surface area contributed by atoms with E-state index >= 15 is 0 Å². The highest BCUT2D eigenvalue weighted by atomic mass is 17.2. The van der Waals surface area contributed by atoms with Crippen LogP contribution in [0.4, 0.5) is 0 Å². The molecule has 0 radical (unpaired) electrons. The van der Waals surface area contributed by atoms with E-state index in [0.717, 1.165) is 18.6 Å². The molecule has 0 aliphatic rings. The third-order valence-corrected chi connectivity index (χ3v) is 3.00. The van der Waals surface area contributed by atoms with Crippen LogP contribution in [-0.2, 0) is 24.1 Å². The Morgan fingerprint density at radius 2 is 1.28 bits per heavy atom. The molecule has 0 saturated heterocycles. The normalized spacial score (nSPS) is 10.4. The zero-order chi connectivity index (χ0) is 28.7. The van der Waals surface area contributed by atoms with E-state index in [-0.39, 0.29) is 33.0 Å². The van der Waals surface area contributed by atoms with E-state index in [0.29, 0.717) is 18.6 Å². The lowest BCUT2D eigenvalue weighted by Gasteiger charge is -2.31. The lowest BCUT2D eigenvalue weighted by Crippen LogP contribution is -2.45. The maximum absolute atomic E-state index is 11.4. The first-order valence-electron chi connectivity index (χ1n) is 11.7. The minimum atomic E-state index is -1.46. The summed E-state index contributed by atoms with van der Waals surface area (Å²) in [4.78, 5) is 32.7. The van der Waals surface area contributed by atoms with Crippen molar-refractivity contribution in [2.45, 2.75) is 59.7 Å². The van der Waals surface area contributed by atoms with Gasteiger partial charge < -0.3 is 29.9 Å². The van der Waals surface area contributed by atoms with Crippen LogP contribution >= 0.6 is 0 Å². The summed E-state index contributed by atoms with van der Waals surface area (Å²) in [5.74, 6) is -2.39. The van der Waals surface area contributed by atoms with Crippen molar-refractivity contribution < 1.29 is 49.3 Å². The van der Waals surface area contributed by atoms with E-state index in [4.69, 9.17) is 39.7 Å². The molecule has 0 aliphatic heterocycles. The Hall–Kier alpha value is -2.76. The Morgan fingerprint density at radius 1 is 0.833 bits per heavy atom. The predicted molar refractivity (Wildman–Crippen MR) is 139 cm³/mol. The molecular formula is C26H46O10. The molecule has 0 spiro atoms. The van der Waals surface area contributed by atoms with Crippen molar-refractivity contribution in [3.63, 3.8) is 0 Å². The summed E-state index contributed by atoms with van der Waals surface area (Å²) in [6, 6.07) is 8.83. The zero-order valence-corrected chi connectivity index (χ0v) is 22.4. The van der Waals surface area contributed by atoms with Crippen LogP contribution < -0.4 is 4.74 Å². The van der Waals surface area contributed by atoms with Crippen molar-refractivity contribution in [1.82, 2.24) is 0 Å². The number of unbranched alkanes of at least 4 members (excludes halogenated alkanes) is 1. The molecule has 0 aromatic heterocycles.